The molecule has 0 spiro atoms. The smallest absolute Gasteiger partial charge is 0.316 e. The number of nitrogens with zero attached hydrogens (tertiary/aromatic N) is 1. The van der Waals surface area contributed by atoms with Crippen molar-refractivity contribution >= 4 is 22.9 Å². The predicted octanol–water partition coefficient (Wildman–Crippen LogP) is 3.11. The number of hydrogen-bond donors (Lipinski definition) is 2. The normalized spacial score (nSPS) is 18.8. The van der Waals surface area contributed by atoms with Gasteiger partial charge in [0.1, 0.15) is 17.4 Å². The minimum absolute atomic E-state index is 0.0160. The molecule has 3 amide bonds. The Balaban J connectivity index is 1.64. The number of benzene rings is 1. The number of carbonyl (C=O) groups is 2. The zero-order valence-corrected chi connectivity index (χ0v) is 15.1. The minimum Gasteiger partial charge on any atom is -0.459 e. The molecular formula is C19H25N3O3. The van der Waals surface area contributed by atoms with Crippen molar-refractivity contribution in [3.05, 3.63) is 35.6 Å². The molecule has 25 heavy (non-hydrogen) atoms. The maximum absolute atomic E-state index is 12.3. The summed E-state index contributed by atoms with van der Waals surface area (Å²) in [5.41, 5.74) is 1.83. The molecule has 1 aromatic heterocycles. The van der Waals surface area contributed by atoms with Crippen LogP contribution in [-0.2, 0) is 4.79 Å². The van der Waals surface area contributed by atoms with Crippen molar-refractivity contribution in [3.8, 4) is 0 Å². The molecule has 1 aromatic carbocycles. The molecule has 3 rings (SSSR count). The molecule has 2 N–H and O–H groups in total. The van der Waals surface area contributed by atoms with E-state index in [1.807, 2.05) is 52.0 Å². The topological polar surface area (TPSA) is 74.6 Å². The number of amides is 3. The van der Waals surface area contributed by atoms with Gasteiger partial charge in [0.05, 0.1) is 6.04 Å². The Morgan fingerprint density at radius 1 is 1.28 bits per heavy atom. The maximum Gasteiger partial charge on any atom is 0.316 e. The second kappa shape index (κ2) is 6.78. The molecule has 1 aliphatic heterocycles. The van der Waals surface area contributed by atoms with Crippen molar-refractivity contribution in [3.63, 3.8) is 0 Å². The maximum atomic E-state index is 12.3. The lowest BCUT2D eigenvalue weighted by Gasteiger charge is -2.21. The van der Waals surface area contributed by atoms with Crippen molar-refractivity contribution < 1.29 is 14.0 Å². The van der Waals surface area contributed by atoms with Crippen LogP contribution in [0.4, 0.5) is 4.79 Å². The van der Waals surface area contributed by atoms with E-state index in [1.165, 1.54) is 0 Å². The summed E-state index contributed by atoms with van der Waals surface area (Å²) in [6.45, 7) is 8.50. The molecule has 2 atom stereocenters. The summed E-state index contributed by atoms with van der Waals surface area (Å²) in [4.78, 5) is 26.4. The Morgan fingerprint density at radius 2 is 2.00 bits per heavy atom. The van der Waals surface area contributed by atoms with Gasteiger partial charge in [-0.2, -0.15) is 0 Å². The summed E-state index contributed by atoms with van der Waals surface area (Å²) in [5.74, 6) is 0.718. The molecule has 1 aliphatic rings. The number of hydrogen-bond acceptors (Lipinski definition) is 3. The fraction of sp³-hybridized carbons (Fsp3) is 0.474. The molecule has 1 unspecified atom stereocenters. The standard InChI is InChI=1S/C19H25N3O3/c1-11(2)22-10-9-15(18(22)23)21-19(24)20-13(4)17-12(3)14-7-5-6-8-16(14)25-17/h5-8,11,13,15H,9-10H2,1-4H3,(H2,20,21,24)/t13-,15?/m1/s1. The van der Waals surface area contributed by atoms with Gasteiger partial charge in [0, 0.05) is 23.5 Å². The molecule has 1 fully saturated rings. The number of para-hydroxylation sites is 1. The third-order valence-electron chi connectivity index (χ3n) is 4.79. The van der Waals surface area contributed by atoms with Crippen molar-refractivity contribution in [1.82, 2.24) is 15.5 Å². The van der Waals surface area contributed by atoms with Crippen molar-refractivity contribution in [2.45, 2.75) is 52.2 Å². The molecule has 134 valence electrons. The van der Waals surface area contributed by atoms with Crippen LogP contribution in [0, 0.1) is 6.92 Å². The summed E-state index contributed by atoms with van der Waals surface area (Å²) in [6, 6.07) is 6.86. The number of fused-ring (bicyclic) bond motifs is 1. The number of urea groups is 1. The van der Waals surface area contributed by atoms with E-state index in [1.54, 1.807) is 4.90 Å². The van der Waals surface area contributed by atoms with Crippen LogP contribution < -0.4 is 10.6 Å². The number of nitrogens with one attached hydrogen (secondary N) is 2. The van der Waals surface area contributed by atoms with Gasteiger partial charge in [-0.15, -0.1) is 0 Å². The zero-order chi connectivity index (χ0) is 18.1. The Labute approximate surface area is 147 Å². The van der Waals surface area contributed by atoms with Gasteiger partial charge in [0.2, 0.25) is 5.91 Å². The number of carbonyl (C=O) groups excluding carboxylic acids is 2. The quantitative estimate of drug-likeness (QED) is 0.896. The second-order valence-corrected chi connectivity index (χ2v) is 6.89. The Morgan fingerprint density at radius 3 is 2.64 bits per heavy atom. The van der Waals surface area contributed by atoms with Crippen LogP contribution >= 0.6 is 0 Å². The molecule has 6 nitrogen and oxygen atoms in total. The highest BCUT2D eigenvalue weighted by Gasteiger charge is 2.34. The highest BCUT2D eigenvalue weighted by molar-refractivity contribution is 5.89. The molecule has 1 saturated heterocycles. The highest BCUT2D eigenvalue weighted by atomic mass is 16.3. The summed E-state index contributed by atoms with van der Waals surface area (Å²) >= 11 is 0. The summed E-state index contributed by atoms with van der Waals surface area (Å²) in [5, 5.41) is 6.71. The summed E-state index contributed by atoms with van der Waals surface area (Å²) in [7, 11) is 0. The van der Waals surface area contributed by atoms with Crippen LogP contribution in [0.25, 0.3) is 11.0 Å². The Bertz CT molecular complexity index is 796. The van der Waals surface area contributed by atoms with Crippen LogP contribution in [-0.4, -0.2) is 35.5 Å². The average Bonchev–Trinajstić information content (AvgIpc) is 3.09. The van der Waals surface area contributed by atoms with Crippen LogP contribution in [0.5, 0.6) is 0 Å². The Hall–Kier alpha value is -2.50. The van der Waals surface area contributed by atoms with Crippen LogP contribution in [0.15, 0.2) is 28.7 Å². The van der Waals surface area contributed by atoms with Gasteiger partial charge in [-0.05, 0) is 40.2 Å². The van der Waals surface area contributed by atoms with Gasteiger partial charge in [0.25, 0.3) is 0 Å². The van der Waals surface area contributed by atoms with Crippen molar-refractivity contribution in [1.29, 1.82) is 0 Å². The minimum atomic E-state index is -0.452. The molecule has 0 aliphatic carbocycles. The predicted molar refractivity (Wildman–Crippen MR) is 96.3 cm³/mol. The lowest BCUT2D eigenvalue weighted by Crippen LogP contribution is -2.47. The van der Waals surface area contributed by atoms with Crippen LogP contribution in [0.2, 0.25) is 0 Å². The first kappa shape index (κ1) is 17.3. The fourth-order valence-electron chi connectivity index (χ4n) is 3.42. The molecule has 6 heteroatoms. The van der Waals surface area contributed by atoms with Crippen molar-refractivity contribution in [2.75, 3.05) is 6.54 Å². The molecule has 0 bridgehead atoms. The first-order valence-corrected chi connectivity index (χ1v) is 8.74. The largest absolute Gasteiger partial charge is 0.459 e. The molecule has 2 heterocycles. The SMILES string of the molecule is Cc1c([C@@H](C)NC(=O)NC2CCN(C(C)C)C2=O)oc2ccccc12. The van der Waals surface area contributed by atoms with Gasteiger partial charge in [-0.25, -0.2) is 4.79 Å². The fourth-order valence-corrected chi connectivity index (χ4v) is 3.42. The van der Waals surface area contributed by atoms with Crippen LogP contribution in [0.1, 0.15) is 44.6 Å². The van der Waals surface area contributed by atoms with Gasteiger partial charge in [0.15, 0.2) is 0 Å². The monoisotopic (exact) mass is 343 g/mol. The molecule has 0 radical (unpaired) electrons. The second-order valence-electron chi connectivity index (χ2n) is 6.89. The molecular weight excluding hydrogens is 318 g/mol. The third kappa shape index (κ3) is 3.34. The number of likely N-dealkylation sites (tertiary alicyclic amines) is 1. The van der Waals surface area contributed by atoms with Crippen molar-refractivity contribution in [2.24, 2.45) is 0 Å². The van der Waals surface area contributed by atoms with Crippen LogP contribution in [0.3, 0.4) is 0 Å². The molecule has 2 aromatic rings. The summed E-state index contributed by atoms with van der Waals surface area (Å²) in [6.07, 6.45) is 0.641. The number of aryl methyl sites for hydroxylation is 1. The van der Waals surface area contributed by atoms with E-state index in [-0.39, 0.29) is 24.0 Å². The van der Waals surface area contributed by atoms with E-state index in [0.29, 0.717) is 13.0 Å². The lowest BCUT2D eigenvalue weighted by molar-refractivity contribution is -0.130. The van der Waals surface area contributed by atoms with E-state index in [4.69, 9.17) is 4.42 Å². The zero-order valence-electron chi connectivity index (χ0n) is 15.1. The summed E-state index contributed by atoms with van der Waals surface area (Å²) < 4.78 is 5.88. The first-order chi connectivity index (χ1) is 11.9. The highest BCUT2D eigenvalue weighted by Crippen LogP contribution is 2.29. The van der Waals surface area contributed by atoms with E-state index < -0.39 is 6.04 Å². The first-order valence-electron chi connectivity index (χ1n) is 8.74. The average molecular weight is 343 g/mol. The number of rotatable bonds is 4. The Kier molecular flexibility index (Phi) is 4.70. The van der Waals surface area contributed by atoms with Gasteiger partial charge < -0.3 is 20.0 Å². The van der Waals surface area contributed by atoms with Gasteiger partial charge >= 0.3 is 6.03 Å². The third-order valence-corrected chi connectivity index (χ3v) is 4.79. The van der Waals surface area contributed by atoms with E-state index >= 15 is 0 Å². The lowest BCUT2D eigenvalue weighted by atomic mass is 10.1. The van der Waals surface area contributed by atoms with E-state index in [0.717, 1.165) is 22.3 Å². The number of furan rings is 1. The van der Waals surface area contributed by atoms with Gasteiger partial charge in [-0.1, -0.05) is 18.2 Å². The van der Waals surface area contributed by atoms with E-state index in [9.17, 15) is 9.59 Å². The van der Waals surface area contributed by atoms with E-state index in [2.05, 4.69) is 10.6 Å². The molecule has 0 saturated carbocycles. The van der Waals surface area contributed by atoms with Gasteiger partial charge in [-0.3, -0.25) is 4.79 Å².